The molecule has 27 heavy (non-hydrogen) atoms. The third-order valence-corrected chi connectivity index (χ3v) is 6.41. The highest BCUT2D eigenvalue weighted by atomic mass is 35.5. The van der Waals surface area contributed by atoms with Crippen LogP contribution in [0.15, 0.2) is 41.3 Å². The molecule has 0 unspecified atom stereocenters. The second-order valence-corrected chi connectivity index (χ2v) is 8.24. The summed E-state index contributed by atoms with van der Waals surface area (Å²) in [6, 6.07) is 6.09. The van der Waals surface area contributed by atoms with Crippen LogP contribution in [0.1, 0.15) is 10.4 Å². The monoisotopic (exact) mass is 418 g/mol. The normalized spacial score (nSPS) is 15.8. The van der Waals surface area contributed by atoms with Crippen molar-refractivity contribution in [3.05, 3.63) is 64.4 Å². The van der Waals surface area contributed by atoms with Crippen LogP contribution >= 0.6 is 11.6 Å². The summed E-state index contributed by atoms with van der Waals surface area (Å²) in [5.74, 6) is -3.66. The third-order valence-electron chi connectivity index (χ3n) is 4.20. The van der Waals surface area contributed by atoms with Gasteiger partial charge in [0.05, 0.1) is 15.5 Å². The van der Waals surface area contributed by atoms with Crippen LogP contribution in [0.4, 0.5) is 13.2 Å². The van der Waals surface area contributed by atoms with Crippen LogP contribution in [-0.2, 0) is 10.0 Å². The average Bonchev–Trinajstić information content (AvgIpc) is 2.64. The Bertz CT molecular complexity index is 993. The van der Waals surface area contributed by atoms with E-state index in [1.165, 1.54) is 17.0 Å². The Kier molecular flexibility index (Phi) is 5.45. The summed E-state index contributed by atoms with van der Waals surface area (Å²) >= 11 is 5.82. The van der Waals surface area contributed by atoms with Gasteiger partial charge in [0.25, 0.3) is 5.91 Å². The molecule has 2 aromatic carbocycles. The van der Waals surface area contributed by atoms with E-state index < -0.39 is 33.4 Å². The van der Waals surface area contributed by atoms with Crippen molar-refractivity contribution in [1.29, 1.82) is 0 Å². The summed E-state index contributed by atoms with van der Waals surface area (Å²) in [5, 5.41) is -0.228. The van der Waals surface area contributed by atoms with E-state index in [4.69, 9.17) is 11.6 Å². The second kappa shape index (κ2) is 7.49. The number of rotatable bonds is 3. The number of benzene rings is 2. The van der Waals surface area contributed by atoms with Crippen molar-refractivity contribution in [2.75, 3.05) is 26.2 Å². The third kappa shape index (κ3) is 3.95. The fourth-order valence-corrected chi connectivity index (χ4v) is 4.45. The smallest absolute Gasteiger partial charge is 0.255 e. The predicted molar refractivity (Wildman–Crippen MR) is 92.4 cm³/mol. The van der Waals surface area contributed by atoms with Gasteiger partial charge >= 0.3 is 0 Å². The van der Waals surface area contributed by atoms with Gasteiger partial charge in [-0.25, -0.2) is 21.6 Å². The zero-order chi connectivity index (χ0) is 19.8. The highest BCUT2D eigenvalue weighted by Gasteiger charge is 2.31. The number of amides is 1. The fourth-order valence-electron chi connectivity index (χ4n) is 2.76. The van der Waals surface area contributed by atoms with E-state index in [1.807, 2.05) is 0 Å². The minimum absolute atomic E-state index is 0.0219. The maximum absolute atomic E-state index is 13.4. The molecule has 2 aromatic rings. The van der Waals surface area contributed by atoms with Crippen LogP contribution in [0.25, 0.3) is 0 Å². The number of nitrogens with zero attached hydrogens (tertiary/aromatic N) is 2. The summed E-state index contributed by atoms with van der Waals surface area (Å²) in [7, 11) is -3.90. The average molecular weight is 419 g/mol. The summed E-state index contributed by atoms with van der Waals surface area (Å²) in [6.07, 6.45) is 0. The maximum atomic E-state index is 13.4. The first kappa shape index (κ1) is 19.7. The molecule has 1 fully saturated rings. The van der Waals surface area contributed by atoms with Gasteiger partial charge in [0.15, 0.2) is 11.6 Å². The van der Waals surface area contributed by atoms with Gasteiger partial charge < -0.3 is 4.90 Å². The van der Waals surface area contributed by atoms with Crippen LogP contribution in [0, 0.1) is 17.5 Å². The summed E-state index contributed by atoms with van der Waals surface area (Å²) in [5.41, 5.74) is -0.197. The van der Waals surface area contributed by atoms with E-state index in [0.717, 1.165) is 28.6 Å². The van der Waals surface area contributed by atoms with Gasteiger partial charge in [0.1, 0.15) is 5.82 Å². The van der Waals surface area contributed by atoms with Crippen molar-refractivity contribution in [1.82, 2.24) is 9.21 Å². The molecule has 0 aliphatic carbocycles. The molecule has 5 nitrogen and oxygen atoms in total. The summed E-state index contributed by atoms with van der Waals surface area (Å²) < 4.78 is 66.1. The van der Waals surface area contributed by atoms with Gasteiger partial charge in [0.2, 0.25) is 10.0 Å². The van der Waals surface area contributed by atoms with Gasteiger partial charge in [-0.3, -0.25) is 4.79 Å². The predicted octanol–water partition coefficient (Wildman–Crippen LogP) is 2.90. The first-order chi connectivity index (χ1) is 12.7. The zero-order valence-electron chi connectivity index (χ0n) is 13.8. The van der Waals surface area contributed by atoms with Gasteiger partial charge in [-0.1, -0.05) is 17.7 Å². The molecule has 1 aliphatic heterocycles. The molecular formula is C17H14ClF3N2O3S. The van der Waals surface area contributed by atoms with Gasteiger partial charge in [-0.2, -0.15) is 4.31 Å². The molecule has 10 heteroatoms. The van der Waals surface area contributed by atoms with Crippen molar-refractivity contribution in [2.45, 2.75) is 4.90 Å². The zero-order valence-corrected chi connectivity index (χ0v) is 15.4. The minimum Gasteiger partial charge on any atom is -0.336 e. The van der Waals surface area contributed by atoms with Gasteiger partial charge in [0, 0.05) is 26.2 Å². The molecule has 0 bridgehead atoms. The van der Waals surface area contributed by atoms with E-state index in [9.17, 15) is 26.4 Å². The lowest BCUT2D eigenvalue weighted by Gasteiger charge is -2.34. The molecule has 1 saturated heterocycles. The van der Waals surface area contributed by atoms with Crippen molar-refractivity contribution < 1.29 is 26.4 Å². The number of piperazine rings is 1. The van der Waals surface area contributed by atoms with Crippen molar-refractivity contribution in [3.8, 4) is 0 Å². The molecule has 0 saturated carbocycles. The molecule has 144 valence electrons. The van der Waals surface area contributed by atoms with Crippen LogP contribution in [0.2, 0.25) is 5.02 Å². The SMILES string of the molecule is O=C(c1cc(F)c(F)cc1Cl)N1CCN(S(=O)(=O)c2cccc(F)c2)CC1. The first-order valence-corrected chi connectivity index (χ1v) is 9.71. The molecule has 1 aliphatic rings. The summed E-state index contributed by atoms with van der Waals surface area (Å²) in [6.45, 7) is 0.0170. The molecule has 0 radical (unpaired) electrons. The lowest BCUT2D eigenvalue weighted by molar-refractivity contribution is 0.0697. The number of carbonyl (C=O) groups is 1. The van der Waals surface area contributed by atoms with E-state index in [-0.39, 0.29) is 41.7 Å². The van der Waals surface area contributed by atoms with Gasteiger partial charge in [-0.05, 0) is 30.3 Å². The van der Waals surface area contributed by atoms with E-state index in [0.29, 0.717) is 0 Å². The van der Waals surface area contributed by atoms with E-state index in [2.05, 4.69) is 0 Å². The molecule has 1 heterocycles. The maximum Gasteiger partial charge on any atom is 0.255 e. The quantitative estimate of drug-likeness (QED) is 0.720. The Hall–Kier alpha value is -2.10. The Labute approximate surface area is 159 Å². The standard InChI is InChI=1S/C17H14ClF3N2O3S/c18-14-10-16(21)15(20)9-13(14)17(24)22-4-6-23(7-5-22)27(25,26)12-3-1-2-11(19)8-12/h1-3,8-10H,4-7H2. The van der Waals surface area contributed by atoms with Crippen LogP contribution < -0.4 is 0 Å². The second-order valence-electron chi connectivity index (χ2n) is 5.90. The van der Waals surface area contributed by atoms with Gasteiger partial charge in [-0.15, -0.1) is 0 Å². The van der Waals surface area contributed by atoms with Crippen molar-refractivity contribution >= 4 is 27.5 Å². The lowest BCUT2D eigenvalue weighted by Crippen LogP contribution is -2.50. The number of carbonyl (C=O) groups excluding carboxylic acids is 1. The molecule has 3 rings (SSSR count). The van der Waals surface area contributed by atoms with Crippen molar-refractivity contribution in [3.63, 3.8) is 0 Å². The largest absolute Gasteiger partial charge is 0.336 e. The van der Waals surface area contributed by atoms with Crippen molar-refractivity contribution in [2.24, 2.45) is 0 Å². The number of sulfonamides is 1. The molecule has 0 spiro atoms. The topological polar surface area (TPSA) is 57.7 Å². The van der Waals surface area contributed by atoms with Crippen LogP contribution in [-0.4, -0.2) is 49.7 Å². The Morgan fingerprint density at radius 3 is 2.22 bits per heavy atom. The first-order valence-electron chi connectivity index (χ1n) is 7.89. The van der Waals surface area contributed by atoms with Crippen LogP contribution in [0.5, 0.6) is 0 Å². The highest BCUT2D eigenvalue weighted by Crippen LogP contribution is 2.23. The Morgan fingerprint density at radius 1 is 0.963 bits per heavy atom. The number of hydrogen-bond acceptors (Lipinski definition) is 3. The molecule has 0 N–H and O–H groups in total. The molecule has 0 aromatic heterocycles. The molecule has 0 atom stereocenters. The molecule has 1 amide bonds. The van der Waals surface area contributed by atoms with Crippen LogP contribution in [0.3, 0.4) is 0 Å². The lowest BCUT2D eigenvalue weighted by atomic mass is 10.1. The number of halogens is 4. The Morgan fingerprint density at radius 2 is 1.59 bits per heavy atom. The Balaban J connectivity index is 1.74. The fraction of sp³-hybridized carbons (Fsp3) is 0.235. The number of hydrogen-bond donors (Lipinski definition) is 0. The van der Waals surface area contributed by atoms with E-state index >= 15 is 0 Å². The molecular weight excluding hydrogens is 405 g/mol. The highest BCUT2D eigenvalue weighted by molar-refractivity contribution is 7.89. The minimum atomic E-state index is -3.90. The van der Waals surface area contributed by atoms with E-state index in [1.54, 1.807) is 0 Å². The summed E-state index contributed by atoms with van der Waals surface area (Å²) in [4.78, 5) is 13.6.